The zero-order chi connectivity index (χ0) is 15.2. The van der Waals surface area contributed by atoms with Crippen LogP contribution in [0.2, 0.25) is 0 Å². The SMILES string of the molecule is COc1ccc(NC(=O)CCC(C)(C)CCN)c(O)c1. The van der Waals surface area contributed by atoms with E-state index in [1.54, 1.807) is 12.1 Å². The molecule has 20 heavy (non-hydrogen) atoms. The van der Waals surface area contributed by atoms with Gasteiger partial charge in [-0.15, -0.1) is 0 Å². The van der Waals surface area contributed by atoms with E-state index >= 15 is 0 Å². The molecule has 0 aliphatic rings. The smallest absolute Gasteiger partial charge is 0.224 e. The summed E-state index contributed by atoms with van der Waals surface area (Å²) in [7, 11) is 1.52. The summed E-state index contributed by atoms with van der Waals surface area (Å²) in [5, 5.41) is 12.5. The number of phenolic OH excluding ortho intramolecular Hbond substituents is 1. The van der Waals surface area contributed by atoms with Crippen LogP contribution in [0, 0.1) is 5.41 Å². The Morgan fingerprint density at radius 3 is 2.65 bits per heavy atom. The lowest BCUT2D eigenvalue weighted by Crippen LogP contribution is -2.20. The highest BCUT2D eigenvalue weighted by Gasteiger charge is 2.18. The van der Waals surface area contributed by atoms with E-state index in [2.05, 4.69) is 19.2 Å². The lowest BCUT2D eigenvalue weighted by molar-refractivity contribution is -0.116. The molecule has 4 N–H and O–H groups in total. The second kappa shape index (κ2) is 7.14. The molecular formula is C15H24N2O3. The largest absolute Gasteiger partial charge is 0.506 e. The van der Waals surface area contributed by atoms with E-state index in [0.717, 1.165) is 12.8 Å². The molecule has 5 nitrogen and oxygen atoms in total. The fraction of sp³-hybridized carbons (Fsp3) is 0.533. The number of carbonyl (C=O) groups excluding carboxylic acids is 1. The standard InChI is InChI=1S/C15H24N2O3/c1-15(2,8-9-16)7-6-14(19)17-12-5-4-11(20-3)10-13(12)18/h4-5,10,18H,6-9,16H2,1-3H3,(H,17,19). The first kappa shape index (κ1) is 16.3. The van der Waals surface area contributed by atoms with E-state index in [0.29, 0.717) is 24.4 Å². The Hall–Kier alpha value is -1.75. The van der Waals surface area contributed by atoms with Gasteiger partial charge >= 0.3 is 0 Å². The van der Waals surface area contributed by atoms with Gasteiger partial charge < -0.3 is 20.9 Å². The van der Waals surface area contributed by atoms with Crippen LogP contribution in [0.3, 0.4) is 0 Å². The summed E-state index contributed by atoms with van der Waals surface area (Å²) in [6.45, 7) is 4.81. The summed E-state index contributed by atoms with van der Waals surface area (Å²) in [6.07, 6.45) is 2.04. The molecule has 5 heteroatoms. The zero-order valence-electron chi connectivity index (χ0n) is 12.4. The van der Waals surface area contributed by atoms with Crippen LogP contribution >= 0.6 is 0 Å². The van der Waals surface area contributed by atoms with E-state index < -0.39 is 0 Å². The van der Waals surface area contributed by atoms with E-state index in [4.69, 9.17) is 10.5 Å². The molecule has 0 saturated heterocycles. The zero-order valence-corrected chi connectivity index (χ0v) is 12.4. The topological polar surface area (TPSA) is 84.6 Å². The number of nitrogens with two attached hydrogens (primary N) is 1. The fourth-order valence-electron chi connectivity index (χ4n) is 1.92. The molecule has 1 rings (SSSR count). The average molecular weight is 280 g/mol. The van der Waals surface area contributed by atoms with Gasteiger partial charge in [0, 0.05) is 12.5 Å². The molecule has 0 unspecified atom stereocenters. The summed E-state index contributed by atoms with van der Waals surface area (Å²) in [6, 6.07) is 4.78. The highest BCUT2D eigenvalue weighted by atomic mass is 16.5. The third-order valence-corrected chi connectivity index (χ3v) is 3.33. The van der Waals surface area contributed by atoms with Crippen molar-refractivity contribution in [2.75, 3.05) is 19.0 Å². The van der Waals surface area contributed by atoms with Crippen molar-refractivity contribution < 1.29 is 14.6 Å². The van der Waals surface area contributed by atoms with Crippen LogP contribution < -0.4 is 15.8 Å². The van der Waals surface area contributed by atoms with Crippen molar-refractivity contribution in [2.24, 2.45) is 11.1 Å². The first-order valence-corrected chi connectivity index (χ1v) is 6.75. The molecule has 0 fully saturated rings. The molecule has 0 heterocycles. The van der Waals surface area contributed by atoms with Crippen molar-refractivity contribution in [3.63, 3.8) is 0 Å². The lowest BCUT2D eigenvalue weighted by Gasteiger charge is -2.23. The molecular weight excluding hydrogens is 256 g/mol. The number of methoxy groups -OCH3 is 1. The van der Waals surface area contributed by atoms with E-state index in [9.17, 15) is 9.90 Å². The molecule has 112 valence electrons. The Bertz CT molecular complexity index is 458. The van der Waals surface area contributed by atoms with E-state index in [-0.39, 0.29) is 17.1 Å². The summed E-state index contributed by atoms with van der Waals surface area (Å²) < 4.78 is 4.99. The molecule has 0 radical (unpaired) electrons. The maximum atomic E-state index is 11.9. The van der Waals surface area contributed by atoms with Crippen LogP contribution in [0.25, 0.3) is 0 Å². The molecule has 0 aliphatic carbocycles. The number of hydrogen-bond donors (Lipinski definition) is 3. The van der Waals surface area contributed by atoms with Gasteiger partial charge in [-0.05, 0) is 36.9 Å². The normalized spacial score (nSPS) is 11.2. The number of nitrogens with one attached hydrogen (secondary N) is 1. The fourth-order valence-corrected chi connectivity index (χ4v) is 1.92. The number of rotatable bonds is 7. The molecule has 0 aromatic heterocycles. The van der Waals surface area contributed by atoms with Gasteiger partial charge in [-0.3, -0.25) is 4.79 Å². The number of ether oxygens (including phenoxy) is 1. The summed E-state index contributed by atoms with van der Waals surface area (Å²) in [4.78, 5) is 11.9. The van der Waals surface area contributed by atoms with Crippen LogP contribution in [0.15, 0.2) is 18.2 Å². The van der Waals surface area contributed by atoms with Crippen LogP contribution in [0.5, 0.6) is 11.5 Å². The molecule has 0 spiro atoms. The number of benzene rings is 1. The molecule has 0 bridgehead atoms. The number of hydrogen-bond acceptors (Lipinski definition) is 4. The Morgan fingerprint density at radius 1 is 1.40 bits per heavy atom. The predicted molar refractivity (Wildman–Crippen MR) is 80.0 cm³/mol. The monoisotopic (exact) mass is 280 g/mol. The highest BCUT2D eigenvalue weighted by molar-refractivity contribution is 5.92. The van der Waals surface area contributed by atoms with Gasteiger partial charge in [0.05, 0.1) is 12.8 Å². The number of aromatic hydroxyl groups is 1. The molecule has 0 saturated carbocycles. The Morgan fingerprint density at radius 2 is 2.10 bits per heavy atom. The quantitative estimate of drug-likeness (QED) is 0.670. The second-order valence-electron chi connectivity index (χ2n) is 5.63. The van der Waals surface area contributed by atoms with E-state index in [1.807, 2.05) is 0 Å². The van der Waals surface area contributed by atoms with Gasteiger partial charge in [-0.2, -0.15) is 0 Å². The molecule has 1 aromatic rings. The van der Waals surface area contributed by atoms with E-state index in [1.165, 1.54) is 13.2 Å². The Kier molecular flexibility index (Phi) is 5.82. The summed E-state index contributed by atoms with van der Waals surface area (Å²) in [5.74, 6) is 0.430. The summed E-state index contributed by atoms with van der Waals surface area (Å²) >= 11 is 0. The van der Waals surface area contributed by atoms with Crippen molar-refractivity contribution in [3.05, 3.63) is 18.2 Å². The molecule has 1 amide bonds. The predicted octanol–water partition coefficient (Wildman–Crippen LogP) is 2.49. The van der Waals surface area contributed by atoms with Gasteiger partial charge in [-0.1, -0.05) is 13.8 Å². The van der Waals surface area contributed by atoms with Crippen molar-refractivity contribution in [1.29, 1.82) is 0 Å². The van der Waals surface area contributed by atoms with Crippen LogP contribution in [0.4, 0.5) is 5.69 Å². The molecule has 1 aromatic carbocycles. The maximum absolute atomic E-state index is 11.9. The number of phenols is 1. The van der Waals surface area contributed by atoms with Gasteiger partial charge in [-0.25, -0.2) is 0 Å². The van der Waals surface area contributed by atoms with Crippen LogP contribution in [-0.4, -0.2) is 24.7 Å². The lowest BCUT2D eigenvalue weighted by atomic mass is 9.84. The van der Waals surface area contributed by atoms with Gasteiger partial charge in [0.1, 0.15) is 11.5 Å². The third kappa shape index (κ3) is 5.09. The second-order valence-corrected chi connectivity index (χ2v) is 5.63. The Balaban J connectivity index is 2.54. The Labute approximate surface area is 120 Å². The van der Waals surface area contributed by atoms with Gasteiger partial charge in [0.15, 0.2) is 0 Å². The van der Waals surface area contributed by atoms with Crippen molar-refractivity contribution in [2.45, 2.75) is 33.1 Å². The number of amides is 1. The van der Waals surface area contributed by atoms with Crippen molar-refractivity contribution in [3.8, 4) is 11.5 Å². The first-order chi connectivity index (χ1) is 9.38. The average Bonchev–Trinajstić information content (AvgIpc) is 2.39. The number of carbonyl (C=O) groups is 1. The van der Waals surface area contributed by atoms with Crippen LogP contribution in [-0.2, 0) is 4.79 Å². The molecule has 0 atom stereocenters. The highest BCUT2D eigenvalue weighted by Crippen LogP contribution is 2.29. The summed E-state index contributed by atoms with van der Waals surface area (Å²) in [5.41, 5.74) is 5.99. The minimum atomic E-state index is -0.115. The number of anilines is 1. The minimum Gasteiger partial charge on any atom is -0.506 e. The molecule has 0 aliphatic heterocycles. The van der Waals surface area contributed by atoms with Gasteiger partial charge in [0.25, 0.3) is 0 Å². The van der Waals surface area contributed by atoms with Gasteiger partial charge in [0.2, 0.25) is 5.91 Å². The van der Waals surface area contributed by atoms with Crippen molar-refractivity contribution >= 4 is 11.6 Å². The maximum Gasteiger partial charge on any atom is 0.224 e. The minimum absolute atomic E-state index is 0.00100. The first-order valence-electron chi connectivity index (χ1n) is 6.75. The van der Waals surface area contributed by atoms with Crippen molar-refractivity contribution in [1.82, 2.24) is 0 Å². The van der Waals surface area contributed by atoms with Crippen LogP contribution in [0.1, 0.15) is 33.1 Å². The third-order valence-electron chi connectivity index (χ3n) is 3.33.